The van der Waals surface area contributed by atoms with Crippen LogP contribution in [0.25, 0.3) is 0 Å². The fourth-order valence-electron chi connectivity index (χ4n) is 1.34. The first-order valence-corrected chi connectivity index (χ1v) is 4.49. The van der Waals surface area contributed by atoms with Crippen molar-refractivity contribution in [3.05, 3.63) is 33.8 Å². The van der Waals surface area contributed by atoms with E-state index in [2.05, 4.69) is 26.0 Å². The van der Waals surface area contributed by atoms with E-state index in [4.69, 9.17) is 0 Å². The zero-order valence-corrected chi connectivity index (χ0v) is 7.09. The van der Waals surface area contributed by atoms with Gasteiger partial charge in [0.1, 0.15) is 0 Å². The number of hydrogen-bond acceptors (Lipinski definition) is 1. The van der Waals surface area contributed by atoms with E-state index in [0.29, 0.717) is 0 Å². The molecule has 1 heterocycles. The molecule has 0 aromatic carbocycles. The number of hydrogen-bond donors (Lipinski definition) is 0. The second-order valence-corrected chi connectivity index (χ2v) is 3.90. The van der Waals surface area contributed by atoms with Crippen LogP contribution in [0.1, 0.15) is 13.8 Å². The first-order valence-electron chi connectivity index (χ1n) is 3.50. The molecule has 0 aromatic rings. The summed E-state index contributed by atoms with van der Waals surface area (Å²) in [4.78, 5) is 1.48. The molecule has 0 nitrogen and oxygen atoms in total. The molecule has 52 valence electrons. The highest BCUT2D eigenvalue weighted by molar-refractivity contribution is 8.03. The van der Waals surface area contributed by atoms with Gasteiger partial charge in [-0.1, -0.05) is 11.6 Å². The SMILES string of the molecule is CC1=CC2=C(C)CSC2=C1. The summed E-state index contributed by atoms with van der Waals surface area (Å²) in [6, 6.07) is 0. The Balaban J connectivity index is 2.51. The van der Waals surface area contributed by atoms with E-state index in [1.54, 1.807) is 0 Å². The topological polar surface area (TPSA) is 0 Å². The van der Waals surface area contributed by atoms with Gasteiger partial charge in [0.15, 0.2) is 0 Å². The Labute approximate surface area is 65.7 Å². The van der Waals surface area contributed by atoms with Crippen molar-refractivity contribution in [2.24, 2.45) is 0 Å². The summed E-state index contributed by atoms with van der Waals surface area (Å²) in [5.41, 5.74) is 4.42. The van der Waals surface area contributed by atoms with Crippen molar-refractivity contribution in [3.63, 3.8) is 0 Å². The standard InChI is InChI=1S/C9H10S/c1-6-3-8-7(2)5-10-9(8)4-6/h3-4H,5H2,1-2H3. The minimum absolute atomic E-state index is 1.20. The molecule has 0 saturated heterocycles. The predicted molar refractivity (Wildman–Crippen MR) is 47.0 cm³/mol. The van der Waals surface area contributed by atoms with Crippen LogP contribution in [0.15, 0.2) is 33.8 Å². The molecule has 0 bridgehead atoms. The number of thioether (sulfide) groups is 1. The van der Waals surface area contributed by atoms with Gasteiger partial charge >= 0.3 is 0 Å². The van der Waals surface area contributed by atoms with Crippen molar-refractivity contribution < 1.29 is 0 Å². The molecule has 2 aliphatic rings. The molecule has 10 heavy (non-hydrogen) atoms. The molecule has 2 rings (SSSR count). The smallest absolute Gasteiger partial charge is 0.0197 e. The van der Waals surface area contributed by atoms with E-state index in [9.17, 15) is 0 Å². The molecule has 1 aliphatic heterocycles. The summed E-state index contributed by atoms with van der Waals surface area (Å²) in [7, 11) is 0. The molecule has 0 spiro atoms. The molecule has 0 radical (unpaired) electrons. The average molecular weight is 150 g/mol. The fraction of sp³-hybridized carbons (Fsp3) is 0.333. The fourth-order valence-corrected chi connectivity index (χ4v) is 2.53. The molecular weight excluding hydrogens is 140 g/mol. The maximum absolute atomic E-state index is 2.28. The van der Waals surface area contributed by atoms with Crippen LogP contribution < -0.4 is 0 Å². The quantitative estimate of drug-likeness (QED) is 0.511. The highest BCUT2D eigenvalue weighted by Gasteiger charge is 2.18. The van der Waals surface area contributed by atoms with Gasteiger partial charge < -0.3 is 0 Å². The Morgan fingerprint density at radius 2 is 2.10 bits per heavy atom. The lowest BCUT2D eigenvalue weighted by Crippen LogP contribution is -1.74. The second kappa shape index (κ2) is 2.03. The monoisotopic (exact) mass is 150 g/mol. The van der Waals surface area contributed by atoms with Crippen LogP contribution in [0, 0.1) is 0 Å². The third-order valence-electron chi connectivity index (χ3n) is 1.90. The maximum atomic E-state index is 2.28. The Morgan fingerprint density at radius 1 is 1.30 bits per heavy atom. The van der Waals surface area contributed by atoms with Crippen LogP contribution in [0.2, 0.25) is 0 Å². The number of fused-ring (bicyclic) bond motifs is 1. The third-order valence-corrected chi connectivity index (χ3v) is 3.13. The molecule has 0 unspecified atom stereocenters. The lowest BCUT2D eigenvalue weighted by molar-refractivity contribution is 1.39. The lowest BCUT2D eigenvalue weighted by Gasteiger charge is -1.89. The van der Waals surface area contributed by atoms with Gasteiger partial charge in [0.2, 0.25) is 0 Å². The van der Waals surface area contributed by atoms with E-state index >= 15 is 0 Å². The molecule has 0 atom stereocenters. The van der Waals surface area contributed by atoms with Crippen LogP contribution in [0.4, 0.5) is 0 Å². The van der Waals surface area contributed by atoms with Crippen LogP contribution in [0.5, 0.6) is 0 Å². The zero-order valence-electron chi connectivity index (χ0n) is 6.27. The van der Waals surface area contributed by atoms with Gasteiger partial charge in [0.05, 0.1) is 0 Å². The minimum Gasteiger partial charge on any atom is -0.121 e. The highest BCUT2D eigenvalue weighted by atomic mass is 32.2. The Morgan fingerprint density at radius 3 is 2.80 bits per heavy atom. The third kappa shape index (κ3) is 0.772. The van der Waals surface area contributed by atoms with E-state index in [1.807, 2.05) is 11.8 Å². The summed E-state index contributed by atoms with van der Waals surface area (Å²) < 4.78 is 0. The molecule has 0 N–H and O–H groups in total. The summed E-state index contributed by atoms with van der Waals surface area (Å²) in [6.07, 6.45) is 4.56. The predicted octanol–water partition coefficient (Wildman–Crippen LogP) is 2.89. The van der Waals surface area contributed by atoms with Gasteiger partial charge in [-0.25, -0.2) is 0 Å². The molecule has 0 fully saturated rings. The van der Waals surface area contributed by atoms with E-state index < -0.39 is 0 Å². The normalized spacial score (nSPS) is 23.0. The zero-order chi connectivity index (χ0) is 7.14. The van der Waals surface area contributed by atoms with Crippen LogP contribution in [-0.4, -0.2) is 5.75 Å². The molecular formula is C9H10S. The molecule has 1 heteroatoms. The Hall–Kier alpha value is -0.430. The number of allylic oxidation sites excluding steroid dienone is 4. The molecule has 1 aliphatic carbocycles. The van der Waals surface area contributed by atoms with Crippen molar-refractivity contribution >= 4 is 11.8 Å². The summed E-state index contributed by atoms with van der Waals surface area (Å²) in [6.45, 7) is 4.38. The van der Waals surface area contributed by atoms with Gasteiger partial charge in [0, 0.05) is 10.7 Å². The van der Waals surface area contributed by atoms with E-state index in [-0.39, 0.29) is 0 Å². The van der Waals surface area contributed by atoms with Crippen molar-refractivity contribution in [2.75, 3.05) is 5.75 Å². The highest BCUT2D eigenvalue weighted by Crippen LogP contribution is 2.41. The van der Waals surface area contributed by atoms with Gasteiger partial charge in [-0.15, -0.1) is 11.8 Å². The van der Waals surface area contributed by atoms with Crippen LogP contribution in [-0.2, 0) is 0 Å². The summed E-state index contributed by atoms with van der Waals surface area (Å²) in [5.74, 6) is 1.20. The van der Waals surface area contributed by atoms with Crippen molar-refractivity contribution in [1.82, 2.24) is 0 Å². The van der Waals surface area contributed by atoms with Crippen molar-refractivity contribution in [2.45, 2.75) is 13.8 Å². The van der Waals surface area contributed by atoms with Crippen molar-refractivity contribution in [1.29, 1.82) is 0 Å². The first kappa shape index (κ1) is 6.29. The minimum atomic E-state index is 1.20. The van der Waals surface area contributed by atoms with Crippen LogP contribution in [0.3, 0.4) is 0 Å². The van der Waals surface area contributed by atoms with Crippen molar-refractivity contribution in [3.8, 4) is 0 Å². The Kier molecular flexibility index (Phi) is 1.27. The lowest BCUT2D eigenvalue weighted by atomic mass is 10.2. The van der Waals surface area contributed by atoms with E-state index in [0.717, 1.165) is 0 Å². The maximum Gasteiger partial charge on any atom is 0.0197 e. The van der Waals surface area contributed by atoms with Gasteiger partial charge in [-0.05, 0) is 31.1 Å². The molecule has 0 saturated carbocycles. The largest absolute Gasteiger partial charge is 0.121 e. The second-order valence-electron chi connectivity index (χ2n) is 2.88. The first-order chi connectivity index (χ1) is 4.77. The summed E-state index contributed by atoms with van der Waals surface area (Å²) in [5, 5.41) is 0. The van der Waals surface area contributed by atoms with Crippen LogP contribution >= 0.6 is 11.8 Å². The van der Waals surface area contributed by atoms with Gasteiger partial charge in [0.25, 0.3) is 0 Å². The average Bonchev–Trinajstić information content (AvgIpc) is 2.35. The van der Waals surface area contributed by atoms with Gasteiger partial charge in [-0.2, -0.15) is 0 Å². The molecule has 0 amide bonds. The van der Waals surface area contributed by atoms with Gasteiger partial charge in [-0.3, -0.25) is 0 Å². The Bertz CT molecular complexity index is 266. The summed E-state index contributed by atoms with van der Waals surface area (Å²) >= 11 is 1.96. The number of rotatable bonds is 0. The molecule has 0 aromatic heterocycles. The van der Waals surface area contributed by atoms with E-state index in [1.165, 1.54) is 27.4 Å².